The van der Waals surface area contributed by atoms with Crippen LogP contribution in [0.4, 0.5) is 0 Å². The molecule has 1 aromatic carbocycles. The molecule has 2 heteroatoms. The summed E-state index contributed by atoms with van der Waals surface area (Å²) in [6.07, 6.45) is -0.139. The largest absolute Gasteiger partial charge is 0.488 e. The molecule has 0 amide bonds. The van der Waals surface area contributed by atoms with Gasteiger partial charge in [0.25, 0.3) is 0 Å². The highest BCUT2D eigenvalue weighted by molar-refractivity contribution is 5.39. The van der Waals surface area contributed by atoms with Crippen molar-refractivity contribution >= 4 is 0 Å². The Balaban J connectivity index is 2.87. The molecule has 0 spiro atoms. The van der Waals surface area contributed by atoms with Crippen LogP contribution >= 0.6 is 0 Å². The van der Waals surface area contributed by atoms with E-state index in [-0.39, 0.29) is 12.7 Å². The normalized spacial score (nSPS) is 12.6. The van der Waals surface area contributed by atoms with Gasteiger partial charge in [-0.1, -0.05) is 18.2 Å². The van der Waals surface area contributed by atoms with Gasteiger partial charge in [-0.2, -0.15) is 0 Å². The Bertz CT molecular complexity index is 261. The van der Waals surface area contributed by atoms with Crippen LogP contribution < -0.4 is 4.74 Å². The summed E-state index contributed by atoms with van der Waals surface area (Å²) in [6.45, 7) is 5.92. The first-order valence-corrected chi connectivity index (χ1v) is 4.49. The van der Waals surface area contributed by atoms with Crippen molar-refractivity contribution in [1.29, 1.82) is 0 Å². The highest BCUT2D eigenvalue weighted by Gasteiger charge is 2.06. The number of hydrogen-bond donors (Lipinski definition) is 1. The molecule has 0 bridgehead atoms. The van der Waals surface area contributed by atoms with E-state index in [1.807, 2.05) is 39.0 Å². The summed E-state index contributed by atoms with van der Waals surface area (Å²) < 4.78 is 5.58. The van der Waals surface area contributed by atoms with E-state index < -0.39 is 0 Å². The second kappa shape index (κ2) is 4.28. The molecule has 0 aliphatic carbocycles. The van der Waals surface area contributed by atoms with Crippen molar-refractivity contribution in [1.82, 2.24) is 0 Å². The first kappa shape index (κ1) is 10.1. The van der Waals surface area contributed by atoms with Gasteiger partial charge in [0.15, 0.2) is 0 Å². The van der Waals surface area contributed by atoms with Gasteiger partial charge in [-0.3, -0.25) is 0 Å². The summed E-state index contributed by atoms with van der Waals surface area (Å²) >= 11 is 0. The number of para-hydroxylation sites is 1. The van der Waals surface area contributed by atoms with Crippen LogP contribution in [0.1, 0.15) is 18.1 Å². The fraction of sp³-hybridized carbons (Fsp3) is 0.455. The smallest absolute Gasteiger partial charge is 0.125 e. The molecular weight excluding hydrogens is 164 g/mol. The van der Waals surface area contributed by atoms with E-state index in [0.29, 0.717) is 0 Å². The molecule has 0 aliphatic heterocycles. The maximum Gasteiger partial charge on any atom is 0.125 e. The van der Waals surface area contributed by atoms with E-state index in [0.717, 1.165) is 16.9 Å². The number of rotatable bonds is 3. The molecule has 1 aromatic rings. The van der Waals surface area contributed by atoms with E-state index in [9.17, 15) is 0 Å². The van der Waals surface area contributed by atoms with Crippen molar-refractivity contribution in [3.63, 3.8) is 0 Å². The summed E-state index contributed by atoms with van der Waals surface area (Å²) in [7, 11) is 0. The maximum atomic E-state index is 8.85. The number of ether oxygens (including phenoxy) is 1. The van der Waals surface area contributed by atoms with Crippen molar-refractivity contribution in [2.24, 2.45) is 0 Å². The van der Waals surface area contributed by atoms with Crippen molar-refractivity contribution in [2.75, 3.05) is 6.61 Å². The second-order valence-corrected chi connectivity index (χ2v) is 3.33. The SMILES string of the molecule is Cc1cccc(C)c1OC(C)CO. The lowest BCUT2D eigenvalue weighted by atomic mass is 10.1. The van der Waals surface area contributed by atoms with Crippen LogP contribution in [0, 0.1) is 13.8 Å². The molecule has 0 saturated carbocycles. The molecule has 0 radical (unpaired) electrons. The number of benzene rings is 1. The predicted octanol–water partition coefficient (Wildman–Crippen LogP) is 2.06. The molecule has 0 saturated heterocycles. The fourth-order valence-electron chi connectivity index (χ4n) is 1.22. The van der Waals surface area contributed by atoms with Gasteiger partial charge in [-0.15, -0.1) is 0 Å². The predicted molar refractivity (Wildman–Crippen MR) is 53.1 cm³/mol. The highest BCUT2D eigenvalue weighted by Crippen LogP contribution is 2.23. The molecule has 0 aromatic heterocycles. The summed E-state index contributed by atoms with van der Waals surface area (Å²) in [5, 5.41) is 8.85. The third-order valence-electron chi connectivity index (χ3n) is 1.98. The minimum atomic E-state index is -0.139. The van der Waals surface area contributed by atoms with Gasteiger partial charge in [0.2, 0.25) is 0 Å². The topological polar surface area (TPSA) is 29.5 Å². The number of aliphatic hydroxyl groups excluding tert-OH is 1. The number of aliphatic hydroxyl groups is 1. The standard InChI is InChI=1S/C11H16O2/c1-8-5-4-6-9(2)11(8)13-10(3)7-12/h4-6,10,12H,7H2,1-3H3. The minimum Gasteiger partial charge on any atom is -0.488 e. The zero-order valence-electron chi connectivity index (χ0n) is 8.37. The molecule has 1 N–H and O–H groups in total. The lowest BCUT2D eigenvalue weighted by Gasteiger charge is -2.16. The van der Waals surface area contributed by atoms with E-state index in [2.05, 4.69) is 0 Å². The number of aryl methyl sites for hydroxylation is 2. The zero-order chi connectivity index (χ0) is 9.84. The lowest BCUT2D eigenvalue weighted by molar-refractivity contribution is 0.128. The Morgan fingerprint density at radius 1 is 1.31 bits per heavy atom. The molecule has 0 heterocycles. The molecule has 13 heavy (non-hydrogen) atoms. The lowest BCUT2D eigenvalue weighted by Crippen LogP contribution is -2.17. The van der Waals surface area contributed by atoms with Crippen molar-refractivity contribution in [3.8, 4) is 5.75 Å². The Labute approximate surface area is 79.2 Å². The van der Waals surface area contributed by atoms with E-state index in [4.69, 9.17) is 9.84 Å². The van der Waals surface area contributed by atoms with Crippen molar-refractivity contribution in [2.45, 2.75) is 26.9 Å². The van der Waals surface area contributed by atoms with Gasteiger partial charge in [0.1, 0.15) is 11.9 Å². The summed E-state index contributed by atoms with van der Waals surface area (Å²) in [6, 6.07) is 6.01. The molecule has 1 rings (SSSR count). The summed E-state index contributed by atoms with van der Waals surface area (Å²) in [5.74, 6) is 0.893. The second-order valence-electron chi connectivity index (χ2n) is 3.33. The quantitative estimate of drug-likeness (QED) is 0.771. The van der Waals surface area contributed by atoms with Crippen molar-refractivity contribution in [3.05, 3.63) is 29.3 Å². The molecule has 1 unspecified atom stereocenters. The Kier molecular flexibility index (Phi) is 3.32. The van der Waals surface area contributed by atoms with Crippen LogP contribution in [0.3, 0.4) is 0 Å². The van der Waals surface area contributed by atoms with Gasteiger partial charge in [0.05, 0.1) is 6.61 Å². The first-order valence-electron chi connectivity index (χ1n) is 4.49. The number of hydrogen-bond acceptors (Lipinski definition) is 2. The van der Waals surface area contributed by atoms with Crippen LogP contribution in [0.25, 0.3) is 0 Å². The van der Waals surface area contributed by atoms with Gasteiger partial charge >= 0.3 is 0 Å². The molecular formula is C11H16O2. The highest BCUT2D eigenvalue weighted by atomic mass is 16.5. The minimum absolute atomic E-state index is 0.0494. The van der Waals surface area contributed by atoms with Crippen LogP contribution in [-0.2, 0) is 0 Å². The molecule has 0 fully saturated rings. The van der Waals surface area contributed by atoms with Crippen LogP contribution in [0.5, 0.6) is 5.75 Å². The average Bonchev–Trinajstić information content (AvgIpc) is 2.11. The first-order chi connectivity index (χ1) is 6.15. The van der Waals surface area contributed by atoms with Crippen molar-refractivity contribution < 1.29 is 9.84 Å². The fourth-order valence-corrected chi connectivity index (χ4v) is 1.22. The molecule has 72 valence electrons. The van der Waals surface area contributed by atoms with Crippen LogP contribution in [0.15, 0.2) is 18.2 Å². The van der Waals surface area contributed by atoms with Gasteiger partial charge < -0.3 is 9.84 Å². The van der Waals surface area contributed by atoms with Gasteiger partial charge in [0, 0.05) is 0 Å². The molecule has 0 aliphatic rings. The van der Waals surface area contributed by atoms with E-state index in [1.54, 1.807) is 0 Å². The monoisotopic (exact) mass is 180 g/mol. The van der Waals surface area contributed by atoms with Gasteiger partial charge in [-0.25, -0.2) is 0 Å². The van der Waals surface area contributed by atoms with Gasteiger partial charge in [-0.05, 0) is 31.9 Å². The summed E-state index contributed by atoms with van der Waals surface area (Å²) in [5.41, 5.74) is 2.22. The van der Waals surface area contributed by atoms with E-state index >= 15 is 0 Å². The third-order valence-corrected chi connectivity index (χ3v) is 1.98. The average molecular weight is 180 g/mol. The Morgan fingerprint density at radius 2 is 1.85 bits per heavy atom. The Morgan fingerprint density at radius 3 is 2.31 bits per heavy atom. The Hall–Kier alpha value is -1.02. The van der Waals surface area contributed by atoms with Crippen LogP contribution in [0.2, 0.25) is 0 Å². The molecule has 1 atom stereocenters. The summed E-state index contributed by atoms with van der Waals surface area (Å²) in [4.78, 5) is 0. The van der Waals surface area contributed by atoms with E-state index in [1.165, 1.54) is 0 Å². The maximum absolute atomic E-state index is 8.85. The third kappa shape index (κ3) is 2.46. The van der Waals surface area contributed by atoms with Crippen LogP contribution in [-0.4, -0.2) is 17.8 Å². The zero-order valence-corrected chi connectivity index (χ0v) is 8.37. The molecule has 2 nitrogen and oxygen atoms in total.